The molecule has 15 heavy (non-hydrogen) atoms. The normalized spacial score (nSPS) is 19.5. The Morgan fingerprint density at radius 1 is 1.07 bits per heavy atom. The second kappa shape index (κ2) is 7.60. The van der Waals surface area contributed by atoms with Crippen molar-refractivity contribution in [3.8, 4) is 0 Å². The van der Waals surface area contributed by atoms with Gasteiger partial charge in [0.15, 0.2) is 0 Å². The first kappa shape index (κ1) is 15.4. The number of methoxy groups -OCH3 is 2. The Kier molecular flexibility index (Phi) is 7.79. The van der Waals surface area contributed by atoms with Gasteiger partial charge in [-0.15, -0.1) is 0 Å². The van der Waals surface area contributed by atoms with Gasteiger partial charge in [0.1, 0.15) is 0 Å². The van der Waals surface area contributed by atoms with Gasteiger partial charge >= 0.3 is 6.95 Å². The molecule has 0 aliphatic rings. The van der Waals surface area contributed by atoms with E-state index in [4.69, 9.17) is 29.8 Å². The molecule has 92 valence electrons. The average molecular weight is 261 g/mol. The van der Waals surface area contributed by atoms with Crippen LogP contribution in [0.1, 0.15) is 13.8 Å². The van der Waals surface area contributed by atoms with E-state index in [0.29, 0.717) is 13.2 Å². The second-order valence-corrected chi connectivity index (χ2v) is 5.70. The topological polar surface area (TPSA) is 54.0 Å². The third-order valence-electron chi connectivity index (χ3n) is 1.41. The van der Waals surface area contributed by atoms with Crippen LogP contribution >= 0.6 is 18.2 Å². The van der Waals surface area contributed by atoms with Crippen LogP contribution in [0.25, 0.3) is 0 Å². The van der Waals surface area contributed by atoms with Crippen LogP contribution in [0.3, 0.4) is 0 Å². The molecule has 7 heteroatoms. The summed E-state index contributed by atoms with van der Waals surface area (Å²) >= 11 is 5.60. The Morgan fingerprint density at radius 2 is 1.40 bits per heavy atom. The van der Waals surface area contributed by atoms with Crippen LogP contribution in [0, 0.1) is 0 Å². The van der Waals surface area contributed by atoms with E-state index < -0.39 is 6.95 Å². The number of hydrogen-bond donors (Lipinski definition) is 0. The van der Waals surface area contributed by atoms with E-state index in [-0.39, 0.29) is 12.2 Å². The van der Waals surface area contributed by atoms with Gasteiger partial charge in [-0.1, -0.05) is 0 Å². The molecule has 0 aliphatic carbocycles. The lowest BCUT2D eigenvalue weighted by atomic mass is 10.5. The highest BCUT2D eigenvalue weighted by Gasteiger charge is 2.26. The van der Waals surface area contributed by atoms with E-state index in [1.54, 1.807) is 13.8 Å². The fourth-order valence-corrected chi connectivity index (χ4v) is 2.83. The van der Waals surface area contributed by atoms with Crippen molar-refractivity contribution in [1.82, 2.24) is 0 Å². The molecule has 5 nitrogen and oxygen atoms in total. The Morgan fingerprint density at radius 3 is 1.67 bits per heavy atom. The predicted octanol–water partition coefficient (Wildman–Crippen LogP) is 2.44. The second-order valence-electron chi connectivity index (χ2n) is 3.17. The molecule has 2 atom stereocenters. The molecule has 0 amide bonds. The molecule has 0 bridgehead atoms. The minimum atomic E-state index is -3.55. The summed E-state index contributed by atoms with van der Waals surface area (Å²) in [5, 5.41) is 0. The van der Waals surface area contributed by atoms with E-state index in [0.717, 1.165) is 0 Å². The van der Waals surface area contributed by atoms with Crippen molar-refractivity contribution in [3.05, 3.63) is 0 Å². The molecule has 0 spiro atoms. The van der Waals surface area contributed by atoms with Crippen LogP contribution in [-0.2, 0) is 23.1 Å². The van der Waals surface area contributed by atoms with Crippen molar-refractivity contribution in [2.45, 2.75) is 26.1 Å². The van der Waals surface area contributed by atoms with E-state index in [2.05, 4.69) is 0 Å². The highest BCUT2D eigenvalue weighted by Crippen LogP contribution is 2.55. The first-order valence-electron chi connectivity index (χ1n) is 4.55. The summed E-state index contributed by atoms with van der Waals surface area (Å²) in [6.45, 7) is 0.451. The highest BCUT2D eigenvalue weighted by molar-refractivity contribution is 7.81. The predicted molar refractivity (Wildman–Crippen MR) is 58.3 cm³/mol. The van der Waals surface area contributed by atoms with Crippen LogP contribution in [0.15, 0.2) is 0 Å². The molecule has 0 rings (SSSR count). The third-order valence-corrected chi connectivity index (χ3v) is 3.12. The van der Waals surface area contributed by atoms with Crippen molar-refractivity contribution in [1.29, 1.82) is 0 Å². The van der Waals surface area contributed by atoms with Gasteiger partial charge in [-0.25, -0.2) is 4.57 Å². The van der Waals surface area contributed by atoms with Gasteiger partial charge in [0.25, 0.3) is 0 Å². The maximum Gasteiger partial charge on any atom is 0.424 e. The maximum absolute atomic E-state index is 11.6. The zero-order valence-electron chi connectivity index (χ0n) is 9.44. The largest absolute Gasteiger partial charge is 0.424 e. The van der Waals surface area contributed by atoms with E-state index in [1.165, 1.54) is 14.2 Å². The van der Waals surface area contributed by atoms with Crippen molar-refractivity contribution in [2.24, 2.45) is 0 Å². The highest BCUT2D eigenvalue weighted by atomic mass is 35.7. The first-order valence-corrected chi connectivity index (χ1v) is 7.00. The average Bonchev–Trinajstić information content (AvgIpc) is 2.01. The summed E-state index contributed by atoms with van der Waals surface area (Å²) in [5.74, 6) is 0. The lowest BCUT2D eigenvalue weighted by Crippen LogP contribution is -2.17. The smallest absolute Gasteiger partial charge is 0.382 e. The lowest BCUT2D eigenvalue weighted by Gasteiger charge is -2.19. The Bertz CT molecular complexity index is 195. The zero-order valence-corrected chi connectivity index (χ0v) is 11.1. The molecule has 0 aromatic carbocycles. The fraction of sp³-hybridized carbons (Fsp3) is 1.00. The van der Waals surface area contributed by atoms with Crippen molar-refractivity contribution in [2.75, 3.05) is 27.4 Å². The number of rotatable bonds is 8. The minimum absolute atomic E-state index is 0.304. The van der Waals surface area contributed by atoms with E-state index in [1.807, 2.05) is 0 Å². The van der Waals surface area contributed by atoms with Gasteiger partial charge < -0.3 is 9.47 Å². The van der Waals surface area contributed by atoms with Crippen LogP contribution in [0.5, 0.6) is 0 Å². The van der Waals surface area contributed by atoms with Gasteiger partial charge in [0.2, 0.25) is 0 Å². The van der Waals surface area contributed by atoms with E-state index in [9.17, 15) is 4.57 Å². The molecule has 0 aliphatic heterocycles. The van der Waals surface area contributed by atoms with Gasteiger partial charge in [0.05, 0.1) is 25.4 Å². The Hall–Kier alpha value is 0.360. The molecule has 0 aromatic rings. The van der Waals surface area contributed by atoms with Crippen LogP contribution < -0.4 is 0 Å². The van der Waals surface area contributed by atoms with E-state index >= 15 is 0 Å². The van der Waals surface area contributed by atoms with Crippen molar-refractivity contribution < 1.29 is 23.1 Å². The molecule has 0 heterocycles. The Balaban J connectivity index is 4.00. The third kappa shape index (κ3) is 8.20. The van der Waals surface area contributed by atoms with Crippen molar-refractivity contribution >= 4 is 18.2 Å². The van der Waals surface area contributed by atoms with Crippen LogP contribution in [0.2, 0.25) is 0 Å². The molecule has 0 N–H and O–H groups in total. The molecule has 0 radical (unpaired) electrons. The molecule has 0 saturated heterocycles. The monoisotopic (exact) mass is 260 g/mol. The zero-order chi connectivity index (χ0) is 11.9. The minimum Gasteiger partial charge on any atom is -0.382 e. The molecule has 0 aromatic heterocycles. The van der Waals surface area contributed by atoms with Crippen LogP contribution in [-0.4, -0.2) is 39.6 Å². The van der Waals surface area contributed by atoms with Crippen molar-refractivity contribution in [3.63, 3.8) is 0 Å². The summed E-state index contributed by atoms with van der Waals surface area (Å²) in [6.07, 6.45) is -0.763. The fourth-order valence-electron chi connectivity index (χ4n) is 0.985. The molecule has 2 unspecified atom stereocenters. The number of halogens is 1. The first-order chi connectivity index (χ1) is 6.91. The lowest BCUT2D eigenvalue weighted by molar-refractivity contribution is 0.0517. The van der Waals surface area contributed by atoms with Crippen LogP contribution in [0.4, 0.5) is 0 Å². The number of ether oxygens (including phenoxy) is 2. The standard InChI is InChI=1S/C8H18ClO5P/c1-7(5-11-3)13-15(9,10)14-8(2)6-12-4/h7-8H,5-6H2,1-4H3. The summed E-state index contributed by atoms with van der Waals surface area (Å²) in [7, 11) is 3.04. The summed E-state index contributed by atoms with van der Waals surface area (Å²) in [4.78, 5) is 0. The maximum atomic E-state index is 11.6. The van der Waals surface area contributed by atoms with Gasteiger partial charge in [-0.2, -0.15) is 0 Å². The van der Waals surface area contributed by atoms with Gasteiger partial charge in [0, 0.05) is 25.5 Å². The summed E-state index contributed by atoms with van der Waals surface area (Å²) < 4.78 is 31.3. The Labute approximate surface area is 95.3 Å². The van der Waals surface area contributed by atoms with Gasteiger partial charge in [-0.05, 0) is 13.8 Å². The summed E-state index contributed by atoms with van der Waals surface area (Å²) in [5.41, 5.74) is 0. The molecule has 0 saturated carbocycles. The quantitative estimate of drug-likeness (QED) is 0.628. The molecule has 0 fully saturated rings. The molecular weight excluding hydrogens is 243 g/mol. The number of hydrogen-bond acceptors (Lipinski definition) is 5. The SMILES string of the molecule is COCC(C)OP(=O)(Cl)OC(C)COC. The van der Waals surface area contributed by atoms with Gasteiger partial charge in [-0.3, -0.25) is 9.05 Å². The summed E-state index contributed by atoms with van der Waals surface area (Å²) in [6, 6.07) is 0. The molecular formula is C8H18ClO5P.